The van der Waals surface area contributed by atoms with Crippen LogP contribution in [0.1, 0.15) is 32.3 Å². The fourth-order valence-electron chi connectivity index (χ4n) is 2.69. The zero-order chi connectivity index (χ0) is 17.1. The highest BCUT2D eigenvalue weighted by molar-refractivity contribution is 5.92. The molecule has 0 spiro atoms. The van der Waals surface area contributed by atoms with Crippen molar-refractivity contribution in [3.8, 4) is 11.5 Å². The summed E-state index contributed by atoms with van der Waals surface area (Å²) in [6.07, 6.45) is 1.90. The Bertz CT molecular complexity index is 850. The molecule has 1 amide bonds. The van der Waals surface area contributed by atoms with E-state index in [1.807, 2.05) is 56.3 Å². The van der Waals surface area contributed by atoms with E-state index in [-0.39, 0.29) is 11.8 Å². The van der Waals surface area contributed by atoms with E-state index >= 15 is 0 Å². The maximum Gasteiger partial charge on any atom is 0.227 e. The smallest absolute Gasteiger partial charge is 0.227 e. The molecule has 3 aromatic rings. The van der Waals surface area contributed by atoms with Gasteiger partial charge in [0.05, 0.1) is 0 Å². The van der Waals surface area contributed by atoms with Crippen molar-refractivity contribution in [2.45, 2.75) is 33.6 Å². The van der Waals surface area contributed by atoms with Crippen molar-refractivity contribution in [2.75, 3.05) is 5.32 Å². The zero-order valence-corrected chi connectivity index (χ0v) is 14.3. The van der Waals surface area contributed by atoms with E-state index in [1.54, 1.807) is 0 Å². The van der Waals surface area contributed by atoms with Crippen LogP contribution in [-0.2, 0) is 4.79 Å². The summed E-state index contributed by atoms with van der Waals surface area (Å²) in [7, 11) is 0. The first-order valence-electron chi connectivity index (χ1n) is 8.35. The van der Waals surface area contributed by atoms with Gasteiger partial charge in [-0.05, 0) is 55.3 Å². The molecule has 0 bridgehead atoms. The number of fused-ring (bicyclic) bond motifs is 1. The van der Waals surface area contributed by atoms with Crippen LogP contribution in [0.3, 0.4) is 0 Å². The number of amides is 1. The highest BCUT2D eigenvalue weighted by Gasteiger charge is 2.12. The zero-order valence-electron chi connectivity index (χ0n) is 14.3. The largest absolute Gasteiger partial charge is 0.436 e. The van der Waals surface area contributed by atoms with Gasteiger partial charge in [0.2, 0.25) is 11.8 Å². The Morgan fingerprint density at radius 2 is 1.96 bits per heavy atom. The molecule has 0 radical (unpaired) electrons. The number of anilines is 1. The van der Waals surface area contributed by atoms with Gasteiger partial charge in [0.15, 0.2) is 5.58 Å². The monoisotopic (exact) mass is 322 g/mol. The predicted octanol–water partition coefficient (Wildman–Crippen LogP) is 5.18. The average Bonchev–Trinajstić information content (AvgIpc) is 2.98. The van der Waals surface area contributed by atoms with Crippen LogP contribution in [0.25, 0.3) is 22.6 Å². The van der Waals surface area contributed by atoms with E-state index < -0.39 is 0 Å². The van der Waals surface area contributed by atoms with Crippen LogP contribution in [-0.4, -0.2) is 10.9 Å². The van der Waals surface area contributed by atoms with Gasteiger partial charge in [0, 0.05) is 17.2 Å². The second-order valence-corrected chi connectivity index (χ2v) is 6.25. The number of nitrogens with zero attached hydrogens (tertiary/aromatic N) is 1. The molecule has 1 heterocycles. The van der Waals surface area contributed by atoms with Gasteiger partial charge >= 0.3 is 0 Å². The first-order valence-corrected chi connectivity index (χ1v) is 8.35. The predicted molar refractivity (Wildman–Crippen MR) is 96.9 cm³/mol. The molecule has 1 aromatic heterocycles. The lowest BCUT2D eigenvalue weighted by atomic mass is 10.1. The number of hydrogen-bond acceptors (Lipinski definition) is 3. The van der Waals surface area contributed by atoms with Gasteiger partial charge in [-0.1, -0.05) is 26.3 Å². The summed E-state index contributed by atoms with van der Waals surface area (Å²) in [5, 5.41) is 2.95. The van der Waals surface area contributed by atoms with Crippen LogP contribution in [0.15, 0.2) is 46.9 Å². The topological polar surface area (TPSA) is 55.1 Å². The Hall–Kier alpha value is -2.62. The minimum atomic E-state index is 0.0231. The second-order valence-electron chi connectivity index (χ2n) is 6.25. The molecule has 0 saturated heterocycles. The number of oxazole rings is 1. The van der Waals surface area contributed by atoms with Crippen LogP contribution in [0.4, 0.5) is 5.69 Å². The van der Waals surface area contributed by atoms with Crippen molar-refractivity contribution in [3.05, 3.63) is 48.0 Å². The summed E-state index contributed by atoms with van der Waals surface area (Å²) in [4.78, 5) is 16.6. The number of hydrogen-bond donors (Lipinski definition) is 1. The van der Waals surface area contributed by atoms with Gasteiger partial charge in [-0.25, -0.2) is 4.98 Å². The maximum absolute atomic E-state index is 12.1. The summed E-state index contributed by atoms with van der Waals surface area (Å²) in [6.45, 7) is 6.07. The average molecular weight is 322 g/mol. The fourth-order valence-corrected chi connectivity index (χ4v) is 2.69. The van der Waals surface area contributed by atoms with Crippen molar-refractivity contribution in [1.82, 2.24) is 4.98 Å². The van der Waals surface area contributed by atoms with Crippen LogP contribution in [0.2, 0.25) is 0 Å². The Morgan fingerprint density at radius 3 is 2.67 bits per heavy atom. The fraction of sp³-hybridized carbons (Fsp3) is 0.300. The minimum absolute atomic E-state index is 0.0231. The Balaban J connectivity index is 1.77. The second kappa shape index (κ2) is 6.87. The summed E-state index contributed by atoms with van der Waals surface area (Å²) in [5.74, 6) is 0.671. The highest BCUT2D eigenvalue weighted by Crippen LogP contribution is 2.26. The van der Waals surface area contributed by atoms with Gasteiger partial charge in [-0.2, -0.15) is 0 Å². The molecular formula is C20H22N2O2. The van der Waals surface area contributed by atoms with E-state index in [0.717, 1.165) is 40.8 Å². The number of carbonyl (C=O) groups is 1. The summed E-state index contributed by atoms with van der Waals surface area (Å²) < 4.78 is 5.80. The van der Waals surface area contributed by atoms with Crippen LogP contribution < -0.4 is 5.32 Å². The van der Waals surface area contributed by atoms with Crippen LogP contribution in [0.5, 0.6) is 0 Å². The van der Waals surface area contributed by atoms with E-state index in [9.17, 15) is 4.79 Å². The standard InChI is InChI=1S/C20H22N2O2/c1-4-5-14(3)19(23)21-16-9-7-15(8-10-16)20-22-17-12-13(2)6-11-18(17)24-20/h6-12,14H,4-5H2,1-3H3,(H,21,23). The molecule has 0 aliphatic rings. The normalized spacial score (nSPS) is 12.3. The number of nitrogens with one attached hydrogen (secondary N) is 1. The van der Waals surface area contributed by atoms with Crippen molar-refractivity contribution in [3.63, 3.8) is 0 Å². The molecule has 1 unspecified atom stereocenters. The lowest BCUT2D eigenvalue weighted by Crippen LogP contribution is -2.20. The Labute approximate surface area is 141 Å². The molecule has 124 valence electrons. The summed E-state index contributed by atoms with van der Waals surface area (Å²) in [6, 6.07) is 13.5. The molecule has 0 aliphatic carbocycles. The maximum atomic E-state index is 12.1. The van der Waals surface area contributed by atoms with E-state index in [0.29, 0.717) is 5.89 Å². The van der Waals surface area contributed by atoms with Crippen molar-refractivity contribution >= 4 is 22.7 Å². The number of benzene rings is 2. The van der Waals surface area contributed by atoms with Gasteiger partial charge in [0.25, 0.3) is 0 Å². The number of carbonyl (C=O) groups excluding carboxylic acids is 1. The van der Waals surface area contributed by atoms with Gasteiger partial charge < -0.3 is 9.73 Å². The SMILES string of the molecule is CCCC(C)C(=O)Nc1ccc(-c2nc3cc(C)ccc3o2)cc1. The molecule has 24 heavy (non-hydrogen) atoms. The third-order valence-corrected chi connectivity index (χ3v) is 4.11. The highest BCUT2D eigenvalue weighted by atomic mass is 16.3. The van der Waals surface area contributed by atoms with Gasteiger partial charge in [-0.15, -0.1) is 0 Å². The molecule has 2 aromatic carbocycles. The molecule has 4 nitrogen and oxygen atoms in total. The summed E-state index contributed by atoms with van der Waals surface area (Å²) >= 11 is 0. The Morgan fingerprint density at radius 1 is 1.21 bits per heavy atom. The lowest BCUT2D eigenvalue weighted by Gasteiger charge is -2.11. The first kappa shape index (κ1) is 16.2. The molecule has 4 heteroatoms. The summed E-state index contributed by atoms with van der Waals surface area (Å²) in [5.41, 5.74) is 4.47. The molecular weight excluding hydrogens is 300 g/mol. The van der Waals surface area contributed by atoms with Gasteiger partial charge in [-0.3, -0.25) is 4.79 Å². The molecule has 1 N–H and O–H groups in total. The Kier molecular flexibility index (Phi) is 4.65. The van der Waals surface area contributed by atoms with Crippen molar-refractivity contribution in [2.24, 2.45) is 5.92 Å². The van der Waals surface area contributed by atoms with Crippen LogP contribution in [0, 0.1) is 12.8 Å². The third-order valence-electron chi connectivity index (χ3n) is 4.11. The van der Waals surface area contributed by atoms with Gasteiger partial charge in [0.1, 0.15) is 5.52 Å². The minimum Gasteiger partial charge on any atom is -0.436 e. The third kappa shape index (κ3) is 3.48. The van der Waals surface area contributed by atoms with Crippen molar-refractivity contribution in [1.29, 1.82) is 0 Å². The van der Waals surface area contributed by atoms with Crippen molar-refractivity contribution < 1.29 is 9.21 Å². The molecule has 1 atom stereocenters. The van der Waals surface area contributed by atoms with E-state index in [2.05, 4.69) is 17.2 Å². The van der Waals surface area contributed by atoms with E-state index in [1.165, 1.54) is 0 Å². The van der Waals surface area contributed by atoms with E-state index in [4.69, 9.17) is 4.42 Å². The quantitative estimate of drug-likeness (QED) is 0.704. The molecule has 0 aliphatic heterocycles. The number of aromatic nitrogens is 1. The number of rotatable bonds is 5. The molecule has 0 fully saturated rings. The first-order chi connectivity index (χ1) is 11.6. The molecule has 3 rings (SSSR count). The van der Waals surface area contributed by atoms with Crippen LogP contribution >= 0.6 is 0 Å². The number of aryl methyl sites for hydroxylation is 1. The lowest BCUT2D eigenvalue weighted by molar-refractivity contribution is -0.119. The molecule has 0 saturated carbocycles.